The van der Waals surface area contributed by atoms with Crippen LogP contribution < -0.4 is 20.8 Å². The average molecular weight is 431 g/mol. The van der Waals surface area contributed by atoms with E-state index in [4.69, 9.17) is 0 Å². The maximum absolute atomic E-state index is 11.7. The van der Waals surface area contributed by atoms with Gasteiger partial charge in [0, 0.05) is 50.4 Å². The van der Waals surface area contributed by atoms with Crippen molar-refractivity contribution < 1.29 is 32.2 Å². The van der Waals surface area contributed by atoms with E-state index >= 15 is 0 Å². The maximum Gasteiger partial charge on any atom is 2.00 e. The fraction of sp³-hybridized carbons (Fsp3) is 0.333. The largest absolute Gasteiger partial charge is 2.00 e. The van der Waals surface area contributed by atoms with E-state index in [0.717, 1.165) is 13.1 Å². The molecule has 0 aromatic carbocycles. The number of hydrogen-bond acceptors (Lipinski definition) is 8. The fourth-order valence-electron chi connectivity index (χ4n) is 2.04. The number of aliphatic imine (C=N–C) groups is 2. The van der Waals surface area contributed by atoms with Gasteiger partial charge >= 0.3 is 16.5 Å². The zero-order valence-electron chi connectivity index (χ0n) is 15.3. The summed E-state index contributed by atoms with van der Waals surface area (Å²) in [6, 6.07) is 10.3. The van der Waals surface area contributed by atoms with E-state index in [2.05, 4.69) is 30.6 Å². The van der Waals surface area contributed by atoms with E-state index in [1.807, 2.05) is 0 Å². The molecule has 0 unspecified atom stereocenters. The first-order valence-corrected chi connectivity index (χ1v) is 8.44. The van der Waals surface area contributed by atoms with Gasteiger partial charge in [0.2, 0.25) is 0 Å². The summed E-state index contributed by atoms with van der Waals surface area (Å²) in [4.78, 5) is 15.8. The standard InChI is InChI=1S/C18H24N6O2.Ni.H2O/c25-17(15-5-1-3-7-21-15)23-13-11-19-9-10-20-12-14-24-18(26)16-6-2-4-8-22-16;;/h1-8,19-20H,9-14H2,(H,23,25)(H,24,26);;1H2/q;+2;/p-2. The van der Waals surface area contributed by atoms with Crippen molar-refractivity contribution in [3.63, 3.8) is 0 Å². The van der Waals surface area contributed by atoms with Crippen LogP contribution in [0.2, 0.25) is 0 Å². The molecular formula is C18H24N6NiO3. The summed E-state index contributed by atoms with van der Waals surface area (Å²) < 4.78 is 0. The van der Waals surface area contributed by atoms with Crippen LogP contribution in [-0.4, -0.2) is 66.5 Å². The topological polar surface area (TPSA) is 152 Å². The van der Waals surface area contributed by atoms with Gasteiger partial charge in [-0.25, -0.2) is 0 Å². The van der Waals surface area contributed by atoms with Crippen LogP contribution in [-0.2, 0) is 16.5 Å². The summed E-state index contributed by atoms with van der Waals surface area (Å²) in [5.74, 6) is -0.602. The number of rotatable bonds is 11. The van der Waals surface area contributed by atoms with Crippen LogP contribution >= 0.6 is 0 Å². The molecule has 2 rings (SSSR count). The molecule has 0 fully saturated rings. The molecule has 28 heavy (non-hydrogen) atoms. The molecule has 0 saturated heterocycles. The number of nitrogens with one attached hydrogen (secondary N) is 2. The fourth-order valence-corrected chi connectivity index (χ4v) is 2.04. The van der Waals surface area contributed by atoms with Crippen molar-refractivity contribution >= 4 is 11.8 Å². The molecule has 0 spiro atoms. The first-order chi connectivity index (χ1) is 12.8. The Morgan fingerprint density at radius 3 is 1.54 bits per heavy atom. The monoisotopic (exact) mass is 430 g/mol. The van der Waals surface area contributed by atoms with Gasteiger partial charge in [0.05, 0.1) is 24.5 Å². The molecule has 10 heteroatoms. The molecule has 0 aliphatic carbocycles. The Morgan fingerprint density at radius 2 is 1.18 bits per heavy atom. The average Bonchev–Trinajstić information content (AvgIpc) is 2.70. The van der Waals surface area contributed by atoms with Gasteiger partial charge in [-0.2, -0.15) is 0 Å². The minimum absolute atomic E-state index is 0. The van der Waals surface area contributed by atoms with Crippen molar-refractivity contribution in [1.82, 2.24) is 20.6 Å². The van der Waals surface area contributed by atoms with Crippen LogP contribution in [0.5, 0.6) is 0 Å². The van der Waals surface area contributed by atoms with E-state index in [0.29, 0.717) is 37.6 Å². The maximum atomic E-state index is 11.7. The van der Waals surface area contributed by atoms with E-state index in [-0.39, 0.29) is 33.8 Å². The second kappa shape index (κ2) is 15.7. The molecule has 9 nitrogen and oxygen atoms in total. The first kappa shape index (κ1) is 25.6. The molecule has 2 heterocycles. The normalized spacial score (nSPS) is 11.4. The Labute approximate surface area is 174 Å². The molecule has 0 aliphatic rings. The SMILES string of the molecule is O.[Ni+2].[O-]C(=NCCNCCNCCN=C([O-])c1ccccn1)c1ccccn1. The van der Waals surface area contributed by atoms with Crippen LogP contribution in [0, 0.1) is 0 Å². The predicted octanol–water partition coefficient (Wildman–Crippen LogP) is -2.26. The summed E-state index contributed by atoms with van der Waals surface area (Å²) in [5, 5.41) is 29.8. The van der Waals surface area contributed by atoms with E-state index in [1.165, 1.54) is 0 Å². The Balaban J connectivity index is 0.00000364. The van der Waals surface area contributed by atoms with Crippen LogP contribution in [0.3, 0.4) is 0 Å². The van der Waals surface area contributed by atoms with E-state index < -0.39 is 0 Å². The predicted molar refractivity (Wildman–Crippen MR) is 101 cm³/mol. The van der Waals surface area contributed by atoms with Crippen molar-refractivity contribution in [3.8, 4) is 0 Å². The van der Waals surface area contributed by atoms with Crippen LogP contribution in [0.25, 0.3) is 0 Å². The van der Waals surface area contributed by atoms with Crippen molar-refractivity contribution in [2.45, 2.75) is 0 Å². The van der Waals surface area contributed by atoms with Gasteiger partial charge in [-0.3, -0.25) is 20.0 Å². The van der Waals surface area contributed by atoms with Gasteiger partial charge in [0.15, 0.2) is 0 Å². The number of nitrogens with zero attached hydrogens (tertiary/aromatic N) is 4. The molecule has 4 N–H and O–H groups in total. The Morgan fingerprint density at radius 1 is 0.750 bits per heavy atom. The third kappa shape index (κ3) is 10.1. The van der Waals surface area contributed by atoms with E-state index in [9.17, 15) is 10.2 Å². The number of aromatic nitrogens is 2. The Kier molecular flexibility index (Phi) is 14.3. The summed E-state index contributed by atoms with van der Waals surface area (Å²) in [6.07, 6.45) is 3.14. The molecule has 0 atom stereocenters. The molecule has 0 radical (unpaired) electrons. The third-order valence-corrected chi connectivity index (χ3v) is 3.33. The molecular weight excluding hydrogens is 407 g/mol. The van der Waals surface area contributed by atoms with Crippen molar-refractivity contribution in [2.75, 3.05) is 39.3 Å². The summed E-state index contributed by atoms with van der Waals surface area (Å²) in [6.45, 7) is 3.52. The Hall–Kier alpha value is -2.39. The number of pyridine rings is 2. The summed E-state index contributed by atoms with van der Waals surface area (Å²) >= 11 is 0. The molecule has 2 aromatic rings. The molecule has 2 aromatic heterocycles. The van der Waals surface area contributed by atoms with Crippen molar-refractivity contribution in [1.29, 1.82) is 0 Å². The molecule has 0 bridgehead atoms. The second-order valence-corrected chi connectivity index (χ2v) is 5.30. The minimum atomic E-state index is -0.301. The van der Waals surface area contributed by atoms with Crippen LogP contribution in [0.4, 0.5) is 0 Å². The number of hydrogen-bond donors (Lipinski definition) is 2. The van der Waals surface area contributed by atoms with Crippen molar-refractivity contribution in [3.05, 3.63) is 60.2 Å². The zero-order valence-corrected chi connectivity index (χ0v) is 16.3. The minimum Gasteiger partial charge on any atom is -0.857 e. The summed E-state index contributed by atoms with van der Waals surface area (Å²) in [7, 11) is 0. The second-order valence-electron chi connectivity index (χ2n) is 5.30. The quantitative estimate of drug-likeness (QED) is 0.177. The Bertz CT molecular complexity index is 639. The molecule has 0 amide bonds. The van der Waals surface area contributed by atoms with Gasteiger partial charge in [-0.15, -0.1) is 0 Å². The summed E-state index contributed by atoms with van der Waals surface area (Å²) in [5.41, 5.74) is 0.719. The van der Waals surface area contributed by atoms with E-state index in [1.54, 1.807) is 48.8 Å². The van der Waals surface area contributed by atoms with Gasteiger partial charge in [-0.1, -0.05) is 12.1 Å². The van der Waals surface area contributed by atoms with Crippen LogP contribution in [0.1, 0.15) is 11.4 Å². The smallest absolute Gasteiger partial charge is 0.857 e. The molecule has 0 aliphatic heterocycles. The van der Waals surface area contributed by atoms with Gasteiger partial charge in [0.25, 0.3) is 0 Å². The first-order valence-electron chi connectivity index (χ1n) is 8.44. The van der Waals surface area contributed by atoms with Gasteiger partial charge in [-0.05, 0) is 24.3 Å². The zero-order chi connectivity index (χ0) is 18.5. The van der Waals surface area contributed by atoms with Gasteiger partial charge < -0.3 is 26.3 Å². The van der Waals surface area contributed by atoms with Gasteiger partial charge in [0.1, 0.15) is 0 Å². The van der Waals surface area contributed by atoms with Crippen LogP contribution in [0.15, 0.2) is 58.8 Å². The molecule has 154 valence electrons. The molecule has 0 saturated carbocycles. The third-order valence-electron chi connectivity index (χ3n) is 3.33. The van der Waals surface area contributed by atoms with Crippen molar-refractivity contribution in [2.24, 2.45) is 9.98 Å².